The van der Waals surface area contributed by atoms with Gasteiger partial charge >= 0.3 is 0 Å². The van der Waals surface area contributed by atoms with Crippen molar-refractivity contribution in [1.29, 1.82) is 0 Å². The molecule has 0 aliphatic carbocycles. The lowest BCUT2D eigenvalue weighted by molar-refractivity contribution is -0.119. The van der Waals surface area contributed by atoms with E-state index in [0.717, 1.165) is 58.1 Å². The number of halogens is 1. The Bertz CT molecular complexity index is 581. The Labute approximate surface area is 180 Å². The van der Waals surface area contributed by atoms with E-state index in [1.807, 2.05) is 6.07 Å². The van der Waals surface area contributed by atoms with Gasteiger partial charge in [0, 0.05) is 39.1 Å². The zero-order chi connectivity index (χ0) is 18.8. The third-order valence-electron chi connectivity index (χ3n) is 4.68. The zero-order valence-electron chi connectivity index (χ0n) is 16.6. The summed E-state index contributed by atoms with van der Waals surface area (Å²) in [6.45, 7) is 7.36. The van der Waals surface area contributed by atoms with Crippen LogP contribution in [-0.4, -0.2) is 61.4 Å². The quantitative estimate of drug-likeness (QED) is 0.335. The van der Waals surface area contributed by atoms with Crippen molar-refractivity contribution >= 4 is 35.8 Å². The van der Waals surface area contributed by atoms with E-state index in [1.54, 1.807) is 0 Å². The summed E-state index contributed by atoms with van der Waals surface area (Å²) in [6, 6.07) is 10.5. The molecule has 1 atom stereocenters. The van der Waals surface area contributed by atoms with Gasteiger partial charge in [-0.3, -0.25) is 9.79 Å². The second-order valence-corrected chi connectivity index (χ2v) is 7.08. The van der Waals surface area contributed by atoms with E-state index in [4.69, 9.17) is 10.7 Å². The number of carbonyl (C=O) groups excluding carboxylic acids is 1. The Kier molecular flexibility index (Phi) is 11.3. The number of hydrogen-bond donors (Lipinski definition) is 2. The number of likely N-dealkylation sites (N-methyl/N-ethyl adjacent to an activating group) is 1. The number of carbonyl (C=O) groups is 1. The molecule has 0 saturated carbocycles. The van der Waals surface area contributed by atoms with Crippen LogP contribution in [0.2, 0.25) is 0 Å². The van der Waals surface area contributed by atoms with Crippen molar-refractivity contribution in [2.24, 2.45) is 16.6 Å². The summed E-state index contributed by atoms with van der Waals surface area (Å²) < 4.78 is 0. The van der Waals surface area contributed by atoms with Gasteiger partial charge in [-0.1, -0.05) is 30.3 Å². The van der Waals surface area contributed by atoms with E-state index in [-0.39, 0.29) is 29.9 Å². The highest BCUT2D eigenvalue weighted by Crippen LogP contribution is 2.19. The Morgan fingerprint density at radius 2 is 2.11 bits per heavy atom. The van der Waals surface area contributed by atoms with Crippen molar-refractivity contribution in [3.05, 3.63) is 35.9 Å². The molecule has 1 saturated heterocycles. The van der Waals surface area contributed by atoms with Crippen LogP contribution in [0.3, 0.4) is 0 Å². The fraction of sp³-hybridized carbons (Fsp3) is 0.600. The lowest BCUT2D eigenvalue weighted by Gasteiger charge is -2.34. The molecule has 0 spiro atoms. The Balaban J connectivity index is 0.00000364. The van der Waals surface area contributed by atoms with E-state index in [2.05, 4.69) is 53.4 Å². The maximum absolute atomic E-state index is 11.2. The van der Waals surface area contributed by atoms with Crippen LogP contribution in [0.5, 0.6) is 0 Å². The Hall–Kier alpha value is -1.35. The second-order valence-electron chi connectivity index (χ2n) is 7.08. The largest absolute Gasteiger partial charge is 0.370 e. The van der Waals surface area contributed by atoms with Crippen LogP contribution in [0.1, 0.15) is 31.7 Å². The lowest BCUT2D eigenvalue weighted by Crippen LogP contribution is -2.47. The molecule has 1 aromatic carbocycles. The van der Waals surface area contributed by atoms with Gasteiger partial charge in [0.2, 0.25) is 5.91 Å². The van der Waals surface area contributed by atoms with Gasteiger partial charge in [0.1, 0.15) is 0 Å². The highest BCUT2D eigenvalue weighted by atomic mass is 127. The molecular weight excluding hydrogens is 453 g/mol. The van der Waals surface area contributed by atoms with E-state index >= 15 is 0 Å². The fourth-order valence-electron chi connectivity index (χ4n) is 3.44. The number of nitrogens with one attached hydrogen (secondary N) is 1. The maximum Gasteiger partial charge on any atom is 0.217 e. The van der Waals surface area contributed by atoms with E-state index < -0.39 is 0 Å². The molecule has 1 unspecified atom stereocenters. The number of primary amides is 1. The van der Waals surface area contributed by atoms with Crippen LogP contribution < -0.4 is 11.1 Å². The number of likely N-dealkylation sites (tertiary alicyclic amines) is 1. The lowest BCUT2D eigenvalue weighted by atomic mass is 9.95. The van der Waals surface area contributed by atoms with Crippen molar-refractivity contribution in [2.75, 3.05) is 39.8 Å². The summed E-state index contributed by atoms with van der Waals surface area (Å²) >= 11 is 0. The number of aliphatic imine (C=N–C) groups is 1. The molecule has 0 aromatic heterocycles. The van der Waals surface area contributed by atoms with Gasteiger partial charge in [-0.05, 0) is 38.3 Å². The molecule has 6 nitrogen and oxygen atoms in total. The Morgan fingerprint density at radius 3 is 2.78 bits per heavy atom. The van der Waals surface area contributed by atoms with Crippen molar-refractivity contribution in [3.8, 4) is 0 Å². The first-order valence-corrected chi connectivity index (χ1v) is 9.62. The normalized spacial score (nSPS) is 17.5. The van der Waals surface area contributed by atoms with Crippen molar-refractivity contribution in [3.63, 3.8) is 0 Å². The number of guanidine groups is 1. The summed E-state index contributed by atoms with van der Waals surface area (Å²) in [7, 11) is 2.12. The van der Waals surface area contributed by atoms with E-state index in [0.29, 0.717) is 12.3 Å². The molecular formula is C20H34IN5O. The number of piperidine rings is 1. The third-order valence-corrected chi connectivity index (χ3v) is 4.68. The molecule has 1 aliphatic heterocycles. The molecule has 0 radical (unpaired) electrons. The minimum absolute atomic E-state index is 0. The fourth-order valence-corrected chi connectivity index (χ4v) is 3.44. The van der Waals surface area contributed by atoms with E-state index in [9.17, 15) is 4.79 Å². The van der Waals surface area contributed by atoms with Gasteiger partial charge in [-0.25, -0.2) is 0 Å². The van der Waals surface area contributed by atoms with Crippen LogP contribution >= 0.6 is 24.0 Å². The molecule has 27 heavy (non-hydrogen) atoms. The maximum atomic E-state index is 11.2. The summed E-state index contributed by atoms with van der Waals surface area (Å²) in [5, 5.41) is 3.39. The van der Waals surface area contributed by atoms with Gasteiger partial charge < -0.3 is 20.9 Å². The number of amides is 1. The number of rotatable bonds is 8. The van der Waals surface area contributed by atoms with Crippen molar-refractivity contribution < 1.29 is 4.79 Å². The van der Waals surface area contributed by atoms with Gasteiger partial charge in [0.25, 0.3) is 0 Å². The smallest absolute Gasteiger partial charge is 0.217 e. The van der Waals surface area contributed by atoms with Crippen LogP contribution in [0.25, 0.3) is 0 Å². The molecule has 1 heterocycles. The van der Waals surface area contributed by atoms with E-state index in [1.165, 1.54) is 5.56 Å². The first kappa shape index (κ1) is 23.7. The second kappa shape index (κ2) is 12.9. The first-order valence-electron chi connectivity index (χ1n) is 9.62. The molecule has 7 heteroatoms. The van der Waals surface area contributed by atoms with Crippen LogP contribution in [0.4, 0.5) is 0 Å². The summed E-state index contributed by atoms with van der Waals surface area (Å²) in [4.78, 5) is 20.6. The molecule has 0 bridgehead atoms. The standard InChI is InChI=1S/C20H33N5O.HI/c1-3-22-20(25-12-7-10-18(16-25)14-19(21)26)23-11-13-24(2)15-17-8-5-4-6-9-17;/h4-6,8-9,18H,3,7,10-16H2,1-2H3,(H2,21,26)(H,22,23);1H. The summed E-state index contributed by atoms with van der Waals surface area (Å²) in [6.07, 6.45) is 2.62. The van der Waals surface area contributed by atoms with Gasteiger partial charge in [0.05, 0.1) is 6.54 Å². The molecule has 3 N–H and O–H groups in total. The minimum Gasteiger partial charge on any atom is -0.370 e. The predicted octanol–water partition coefficient (Wildman–Crippen LogP) is 2.29. The highest BCUT2D eigenvalue weighted by molar-refractivity contribution is 14.0. The SMILES string of the molecule is CCNC(=NCCN(C)Cc1ccccc1)N1CCCC(CC(N)=O)C1.I. The topological polar surface area (TPSA) is 74.0 Å². The number of benzene rings is 1. The highest BCUT2D eigenvalue weighted by Gasteiger charge is 2.23. The average Bonchev–Trinajstić information content (AvgIpc) is 2.61. The van der Waals surface area contributed by atoms with Crippen LogP contribution in [0, 0.1) is 5.92 Å². The third kappa shape index (κ3) is 8.92. The molecule has 1 aliphatic rings. The van der Waals surface area contributed by atoms with Gasteiger partial charge in [-0.15, -0.1) is 24.0 Å². The average molecular weight is 487 g/mol. The molecule has 152 valence electrons. The van der Waals surface area contributed by atoms with Gasteiger partial charge in [-0.2, -0.15) is 0 Å². The molecule has 1 amide bonds. The molecule has 1 fully saturated rings. The summed E-state index contributed by atoms with van der Waals surface area (Å²) in [5.74, 6) is 1.09. The zero-order valence-corrected chi connectivity index (χ0v) is 18.9. The predicted molar refractivity (Wildman–Crippen MR) is 122 cm³/mol. The number of nitrogens with zero attached hydrogens (tertiary/aromatic N) is 3. The van der Waals surface area contributed by atoms with Crippen molar-refractivity contribution in [2.45, 2.75) is 32.7 Å². The monoisotopic (exact) mass is 487 g/mol. The number of nitrogens with two attached hydrogens (primary N) is 1. The molecule has 2 rings (SSSR count). The van der Waals surface area contributed by atoms with Crippen LogP contribution in [0.15, 0.2) is 35.3 Å². The number of hydrogen-bond acceptors (Lipinski definition) is 3. The first-order chi connectivity index (χ1) is 12.6. The summed E-state index contributed by atoms with van der Waals surface area (Å²) in [5.41, 5.74) is 6.69. The van der Waals surface area contributed by atoms with Gasteiger partial charge in [0.15, 0.2) is 5.96 Å². The minimum atomic E-state index is -0.207. The van der Waals surface area contributed by atoms with Crippen LogP contribution in [-0.2, 0) is 11.3 Å². The Morgan fingerprint density at radius 1 is 1.37 bits per heavy atom. The molecule has 1 aromatic rings. The van der Waals surface area contributed by atoms with Crippen molar-refractivity contribution in [1.82, 2.24) is 15.1 Å².